The average Bonchev–Trinajstić information content (AvgIpc) is 2.80. The first-order valence-corrected chi connectivity index (χ1v) is 7.44. The molecular formula is C12H22BrNO. The Morgan fingerprint density at radius 3 is 2.33 bits per heavy atom. The summed E-state index contributed by atoms with van der Waals surface area (Å²) in [6.45, 7) is 3.39. The molecule has 0 spiro atoms. The van der Waals surface area contributed by atoms with Crippen molar-refractivity contribution in [2.45, 2.75) is 50.7 Å². The Morgan fingerprint density at radius 1 is 1.07 bits per heavy atom. The van der Waals surface area contributed by atoms with E-state index in [0.29, 0.717) is 6.10 Å². The second-order valence-corrected chi connectivity index (χ2v) is 5.53. The molecule has 2 aliphatic rings. The molecule has 0 radical (unpaired) electrons. The van der Waals surface area contributed by atoms with E-state index in [1.807, 2.05) is 0 Å². The molecule has 3 heteroatoms. The first-order valence-electron chi connectivity index (χ1n) is 6.32. The summed E-state index contributed by atoms with van der Waals surface area (Å²) in [6, 6.07) is 0.905. The van der Waals surface area contributed by atoms with E-state index in [1.54, 1.807) is 0 Å². The SMILES string of the molecule is BrCCOC1CCN(C2CCCC2)CC1. The minimum absolute atomic E-state index is 0.528. The van der Waals surface area contributed by atoms with Gasteiger partial charge in [-0.15, -0.1) is 0 Å². The van der Waals surface area contributed by atoms with Crippen LogP contribution in [0.5, 0.6) is 0 Å². The number of ether oxygens (including phenoxy) is 1. The molecule has 2 rings (SSSR count). The van der Waals surface area contributed by atoms with E-state index in [1.165, 1.54) is 51.6 Å². The van der Waals surface area contributed by atoms with Gasteiger partial charge in [-0.25, -0.2) is 0 Å². The summed E-state index contributed by atoms with van der Waals surface area (Å²) >= 11 is 3.41. The summed E-state index contributed by atoms with van der Waals surface area (Å²) in [5, 5.41) is 0.968. The van der Waals surface area contributed by atoms with Crippen molar-refractivity contribution >= 4 is 15.9 Å². The zero-order valence-electron chi connectivity index (χ0n) is 9.46. The van der Waals surface area contributed by atoms with Crippen molar-refractivity contribution < 1.29 is 4.74 Å². The summed E-state index contributed by atoms with van der Waals surface area (Å²) in [7, 11) is 0. The van der Waals surface area contributed by atoms with Gasteiger partial charge in [-0.2, -0.15) is 0 Å². The predicted molar refractivity (Wildman–Crippen MR) is 66.6 cm³/mol. The first-order chi connectivity index (χ1) is 7.40. The fourth-order valence-corrected chi connectivity index (χ4v) is 3.08. The van der Waals surface area contributed by atoms with Gasteiger partial charge in [-0.3, -0.25) is 0 Å². The summed E-state index contributed by atoms with van der Waals surface area (Å²) in [5.41, 5.74) is 0. The molecule has 0 aromatic rings. The van der Waals surface area contributed by atoms with Gasteiger partial charge >= 0.3 is 0 Å². The maximum atomic E-state index is 5.77. The third-order valence-corrected chi connectivity index (χ3v) is 4.07. The standard InChI is InChI=1S/C12H22BrNO/c13-7-10-15-12-5-8-14(9-6-12)11-3-1-2-4-11/h11-12H,1-10H2. The highest BCUT2D eigenvalue weighted by molar-refractivity contribution is 9.09. The Morgan fingerprint density at radius 2 is 1.73 bits per heavy atom. The molecule has 1 aliphatic heterocycles. The van der Waals surface area contributed by atoms with Crippen LogP contribution in [0, 0.1) is 0 Å². The van der Waals surface area contributed by atoms with Gasteiger partial charge in [0, 0.05) is 24.5 Å². The number of alkyl halides is 1. The summed E-state index contributed by atoms with van der Waals surface area (Å²) in [5.74, 6) is 0. The maximum Gasteiger partial charge on any atom is 0.0599 e. The van der Waals surface area contributed by atoms with Crippen LogP contribution >= 0.6 is 15.9 Å². The van der Waals surface area contributed by atoms with Crippen LogP contribution < -0.4 is 0 Å². The first kappa shape index (κ1) is 11.9. The molecule has 1 aliphatic carbocycles. The lowest BCUT2D eigenvalue weighted by molar-refractivity contribution is 0.00614. The van der Waals surface area contributed by atoms with Crippen LogP contribution in [-0.4, -0.2) is 42.1 Å². The highest BCUT2D eigenvalue weighted by Gasteiger charge is 2.27. The van der Waals surface area contributed by atoms with Gasteiger partial charge in [-0.1, -0.05) is 28.8 Å². The molecule has 0 aromatic heterocycles. The zero-order valence-corrected chi connectivity index (χ0v) is 11.0. The van der Waals surface area contributed by atoms with Crippen molar-refractivity contribution in [3.8, 4) is 0 Å². The van der Waals surface area contributed by atoms with Crippen LogP contribution in [0.2, 0.25) is 0 Å². The number of hydrogen-bond acceptors (Lipinski definition) is 2. The molecule has 0 bridgehead atoms. The van der Waals surface area contributed by atoms with Gasteiger partial charge in [0.25, 0.3) is 0 Å². The van der Waals surface area contributed by atoms with Gasteiger partial charge in [0.15, 0.2) is 0 Å². The molecule has 88 valence electrons. The van der Waals surface area contributed by atoms with E-state index in [4.69, 9.17) is 4.74 Å². The van der Waals surface area contributed by atoms with Crippen molar-refractivity contribution in [2.24, 2.45) is 0 Å². The molecule has 1 heterocycles. The van der Waals surface area contributed by atoms with Crippen LogP contribution in [0.1, 0.15) is 38.5 Å². The Labute approximate surface area is 101 Å². The van der Waals surface area contributed by atoms with E-state index >= 15 is 0 Å². The van der Waals surface area contributed by atoms with Gasteiger partial charge in [-0.05, 0) is 25.7 Å². The zero-order chi connectivity index (χ0) is 10.5. The fourth-order valence-electron chi connectivity index (χ4n) is 2.89. The van der Waals surface area contributed by atoms with E-state index in [2.05, 4.69) is 20.8 Å². The van der Waals surface area contributed by atoms with Crippen LogP contribution in [0.15, 0.2) is 0 Å². The quantitative estimate of drug-likeness (QED) is 0.732. The van der Waals surface area contributed by atoms with Gasteiger partial charge < -0.3 is 9.64 Å². The van der Waals surface area contributed by atoms with Crippen molar-refractivity contribution in [1.82, 2.24) is 4.90 Å². The van der Waals surface area contributed by atoms with Crippen LogP contribution in [0.3, 0.4) is 0 Å². The lowest BCUT2D eigenvalue weighted by atomic mass is 10.0. The van der Waals surface area contributed by atoms with Gasteiger partial charge in [0.05, 0.1) is 12.7 Å². The van der Waals surface area contributed by atoms with Crippen LogP contribution in [-0.2, 0) is 4.74 Å². The van der Waals surface area contributed by atoms with E-state index < -0.39 is 0 Å². The molecule has 0 atom stereocenters. The third kappa shape index (κ3) is 3.43. The second-order valence-electron chi connectivity index (χ2n) is 4.73. The summed E-state index contributed by atoms with van der Waals surface area (Å²) < 4.78 is 5.77. The third-order valence-electron chi connectivity index (χ3n) is 3.75. The average molecular weight is 276 g/mol. The smallest absolute Gasteiger partial charge is 0.0599 e. The number of rotatable bonds is 4. The fraction of sp³-hybridized carbons (Fsp3) is 1.00. The molecule has 15 heavy (non-hydrogen) atoms. The Kier molecular flexibility index (Phi) is 4.92. The molecule has 0 aromatic carbocycles. The predicted octanol–water partition coefficient (Wildman–Crippen LogP) is 2.80. The molecule has 0 amide bonds. The van der Waals surface area contributed by atoms with Crippen LogP contribution in [0.4, 0.5) is 0 Å². The summed E-state index contributed by atoms with van der Waals surface area (Å²) in [6.07, 6.45) is 8.78. The lowest BCUT2D eigenvalue weighted by Crippen LogP contribution is -2.42. The second kappa shape index (κ2) is 6.21. The molecule has 2 nitrogen and oxygen atoms in total. The Balaban J connectivity index is 1.67. The molecule has 1 saturated heterocycles. The number of piperidine rings is 1. The van der Waals surface area contributed by atoms with Crippen LogP contribution in [0.25, 0.3) is 0 Å². The molecule has 0 N–H and O–H groups in total. The van der Waals surface area contributed by atoms with Crippen molar-refractivity contribution in [3.05, 3.63) is 0 Å². The van der Waals surface area contributed by atoms with Crippen molar-refractivity contribution in [1.29, 1.82) is 0 Å². The highest BCUT2D eigenvalue weighted by Crippen LogP contribution is 2.26. The lowest BCUT2D eigenvalue weighted by Gasteiger charge is -2.35. The Bertz CT molecular complexity index is 174. The number of halogens is 1. The minimum Gasteiger partial charge on any atom is -0.377 e. The number of likely N-dealkylation sites (tertiary alicyclic amines) is 1. The van der Waals surface area contributed by atoms with Gasteiger partial charge in [0.1, 0.15) is 0 Å². The Hall–Kier alpha value is 0.400. The maximum absolute atomic E-state index is 5.77. The van der Waals surface area contributed by atoms with Crippen molar-refractivity contribution in [2.75, 3.05) is 25.0 Å². The van der Waals surface area contributed by atoms with Gasteiger partial charge in [0.2, 0.25) is 0 Å². The molecular weight excluding hydrogens is 254 g/mol. The highest BCUT2D eigenvalue weighted by atomic mass is 79.9. The van der Waals surface area contributed by atoms with Crippen molar-refractivity contribution in [3.63, 3.8) is 0 Å². The molecule has 2 fully saturated rings. The van der Waals surface area contributed by atoms with E-state index in [9.17, 15) is 0 Å². The van der Waals surface area contributed by atoms with E-state index in [-0.39, 0.29) is 0 Å². The minimum atomic E-state index is 0.528. The topological polar surface area (TPSA) is 12.5 Å². The normalized spacial score (nSPS) is 26.2. The number of nitrogens with zero attached hydrogens (tertiary/aromatic N) is 1. The molecule has 1 saturated carbocycles. The van der Waals surface area contributed by atoms with E-state index in [0.717, 1.165) is 18.0 Å². The molecule has 0 unspecified atom stereocenters. The number of hydrogen-bond donors (Lipinski definition) is 0. The monoisotopic (exact) mass is 275 g/mol. The summed E-state index contributed by atoms with van der Waals surface area (Å²) in [4.78, 5) is 2.70. The largest absolute Gasteiger partial charge is 0.377 e.